The van der Waals surface area contributed by atoms with Gasteiger partial charge in [-0.05, 0) is 0 Å². The molecule has 1 heteroatoms. The minimum atomic E-state index is 0. The Morgan fingerprint density at radius 2 is 2.17 bits per heavy atom. The van der Waals surface area contributed by atoms with E-state index in [4.69, 9.17) is 0 Å². The van der Waals surface area contributed by atoms with Crippen LogP contribution in [0.25, 0.3) is 0 Å². The summed E-state index contributed by atoms with van der Waals surface area (Å²) in [7, 11) is 0. The zero-order valence-electron chi connectivity index (χ0n) is 9.30. The fourth-order valence-electron chi connectivity index (χ4n) is 0.855. The second-order valence-electron chi connectivity index (χ2n) is 2.47. The van der Waals surface area contributed by atoms with Gasteiger partial charge in [0.05, 0.1) is 0 Å². The third kappa shape index (κ3) is 5.34. The van der Waals surface area contributed by atoms with Gasteiger partial charge in [0.25, 0.3) is 0 Å². The molecule has 0 saturated heterocycles. The number of hydrogen-bond acceptors (Lipinski definition) is 0. The Hall–Kier alpha value is -0.326. The fourth-order valence-corrected chi connectivity index (χ4v) is 0.855. The van der Waals surface area contributed by atoms with Gasteiger partial charge in [0.15, 0.2) is 0 Å². The molecule has 0 aromatic heterocycles. The van der Waals surface area contributed by atoms with Crippen molar-refractivity contribution in [3.63, 3.8) is 0 Å². The average molecular weight is 194 g/mol. The van der Waals surface area contributed by atoms with E-state index in [0.717, 1.165) is 12.8 Å². The van der Waals surface area contributed by atoms with Crippen LogP contribution in [-0.4, -0.2) is 0 Å². The van der Waals surface area contributed by atoms with Crippen molar-refractivity contribution in [3.05, 3.63) is 48.1 Å². The van der Waals surface area contributed by atoms with Gasteiger partial charge in [-0.25, -0.2) is 23.8 Å². The molecule has 0 nitrogen and oxygen atoms in total. The molecular weight excluding hydrogens is 180 g/mol. The Morgan fingerprint density at radius 3 is 2.33 bits per heavy atom. The van der Waals surface area contributed by atoms with Crippen LogP contribution in [0.4, 0.5) is 0 Å². The molecule has 0 radical (unpaired) electrons. The topological polar surface area (TPSA) is 0 Å². The molecule has 0 aromatic carbocycles. The predicted molar refractivity (Wildman–Crippen MR) is 50.0 cm³/mol. The van der Waals surface area contributed by atoms with Crippen LogP contribution in [0.5, 0.6) is 0 Å². The van der Waals surface area contributed by atoms with Crippen LogP contribution in [-0.2, 0) is 21.7 Å². The van der Waals surface area contributed by atoms with Crippen LogP contribution < -0.4 is 0 Å². The van der Waals surface area contributed by atoms with Crippen molar-refractivity contribution in [3.8, 4) is 0 Å². The zero-order chi connectivity index (χ0) is 7.94. The molecule has 2 rings (SSSR count). The second-order valence-corrected chi connectivity index (χ2v) is 2.47. The van der Waals surface area contributed by atoms with Crippen LogP contribution in [0.2, 0.25) is 0 Å². The van der Waals surface area contributed by atoms with Crippen LogP contribution in [0, 0.1) is 12.2 Å². The molecule has 0 fully saturated rings. The van der Waals surface area contributed by atoms with E-state index in [1.807, 2.05) is 12.2 Å². The van der Waals surface area contributed by atoms with Crippen LogP contribution in [0.3, 0.4) is 0 Å². The summed E-state index contributed by atoms with van der Waals surface area (Å²) in [4.78, 5) is 0. The molecule has 0 aliphatic heterocycles. The molecule has 2 aliphatic carbocycles. The fraction of sp³-hybridized carbons (Fsp3) is 0.273. The number of rotatable bonds is 0. The van der Waals surface area contributed by atoms with Crippen molar-refractivity contribution in [1.82, 2.24) is 0 Å². The largest absolute Gasteiger partial charge is 4.00 e. The summed E-state index contributed by atoms with van der Waals surface area (Å²) in [5, 5.41) is 0. The predicted octanol–water partition coefficient (Wildman–Crippen LogP) is 3.22. The molecule has 0 atom stereocenters. The van der Waals surface area contributed by atoms with Crippen molar-refractivity contribution in [1.29, 1.82) is 0 Å². The Labute approximate surface area is 92.6 Å². The van der Waals surface area contributed by atoms with Crippen molar-refractivity contribution < 1.29 is 24.6 Å². The average Bonchev–Trinajstić information content (AvgIpc) is 2.57. The molecule has 0 N–H and O–H groups in total. The summed E-state index contributed by atoms with van der Waals surface area (Å²) in [6, 6.07) is 0. The minimum Gasteiger partial charge on any atom is -1.00 e. The van der Waals surface area contributed by atoms with E-state index in [0.29, 0.717) is 0 Å². The SMILES string of the molecule is CC1=[C-]CC=C1.[C-]1=CC=CC1.[H-].[H-].[Ti+4]. The van der Waals surface area contributed by atoms with Crippen molar-refractivity contribution in [2.24, 2.45) is 0 Å². The number of hydrogen-bond donors (Lipinski definition) is 0. The zero-order valence-corrected chi connectivity index (χ0v) is 8.86. The first-order valence-corrected chi connectivity index (χ1v) is 3.85. The van der Waals surface area contributed by atoms with Gasteiger partial charge in [-0.1, -0.05) is 6.92 Å². The Morgan fingerprint density at radius 1 is 1.33 bits per heavy atom. The van der Waals surface area contributed by atoms with Gasteiger partial charge >= 0.3 is 21.7 Å². The van der Waals surface area contributed by atoms with E-state index in [2.05, 4.69) is 37.3 Å². The third-order valence-corrected chi connectivity index (χ3v) is 1.45. The van der Waals surface area contributed by atoms with Gasteiger partial charge in [-0.3, -0.25) is 12.2 Å². The third-order valence-electron chi connectivity index (χ3n) is 1.45. The maximum Gasteiger partial charge on any atom is 4.00 e. The quantitative estimate of drug-likeness (QED) is 0.410. The summed E-state index contributed by atoms with van der Waals surface area (Å²) in [5.41, 5.74) is 1.27. The van der Waals surface area contributed by atoms with Gasteiger partial charge in [0.1, 0.15) is 0 Å². The van der Waals surface area contributed by atoms with Gasteiger partial charge in [-0.2, -0.15) is 12.2 Å². The van der Waals surface area contributed by atoms with Crippen LogP contribution in [0.1, 0.15) is 22.6 Å². The van der Waals surface area contributed by atoms with E-state index in [1.165, 1.54) is 5.57 Å². The molecule has 0 bridgehead atoms. The normalized spacial score (nSPS) is 16.6. The van der Waals surface area contributed by atoms with Gasteiger partial charge < -0.3 is 2.85 Å². The Balaban J connectivity index is -0.000000144. The molecule has 0 saturated carbocycles. The maximum absolute atomic E-state index is 3.12. The summed E-state index contributed by atoms with van der Waals surface area (Å²) in [6.07, 6.45) is 18.3. The monoisotopic (exact) mass is 194 g/mol. The Bertz CT molecular complexity index is 215. The van der Waals surface area contributed by atoms with Gasteiger partial charge in [0, 0.05) is 0 Å². The summed E-state index contributed by atoms with van der Waals surface area (Å²) >= 11 is 0. The smallest absolute Gasteiger partial charge is 1.00 e. The molecule has 2 aliphatic rings. The molecule has 0 spiro atoms. The summed E-state index contributed by atoms with van der Waals surface area (Å²) in [6.45, 7) is 2.06. The van der Waals surface area contributed by atoms with Crippen LogP contribution in [0.15, 0.2) is 36.0 Å². The van der Waals surface area contributed by atoms with E-state index < -0.39 is 0 Å². The second kappa shape index (κ2) is 7.33. The van der Waals surface area contributed by atoms with E-state index in [9.17, 15) is 0 Å². The number of allylic oxidation sites excluding steroid dienone is 8. The van der Waals surface area contributed by atoms with E-state index in [1.54, 1.807) is 0 Å². The van der Waals surface area contributed by atoms with Crippen LogP contribution >= 0.6 is 0 Å². The minimum absolute atomic E-state index is 0. The van der Waals surface area contributed by atoms with Crippen molar-refractivity contribution in [2.75, 3.05) is 0 Å². The molecule has 0 heterocycles. The molecular formula is C11H14Ti. The van der Waals surface area contributed by atoms with Gasteiger partial charge in [-0.15, -0.1) is 12.8 Å². The maximum atomic E-state index is 3.12. The Kier molecular flexibility index (Phi) is 7.13. The standard InChI is InChI=1S/C6H7.C5H5.Ti.2H/c1-6-4-2-3-5-6;1-2-4-5-3-1;;;/h2,4H,3H2,1H3;1-3H,4H2;;;/q2*-1;+4;2*-1. The first-order valence-electron chi connectivity index (χ1n) is 3.85. The summed E-state index contributed by atoms with van der Waals surface area (Å²) in [5.74, 6) is 0. The molecule has 0 unspecified atom stereocenters. The van der Waals surface area contributed by atoms with Crippen molar-refractivity contribution >= 4 is 0 Å². The first-order chi connectivity index (χ1) is 5.39. The van der Waals surface area contributed by atoms with Crippen molar-refractivity contribution in [2.45, 2.75) is 19.8 Å². The van der Waals surface area contributed by atoms with Gasteiger partial charge in [0.2, 0.25) is 0 Å². The summed E-state index contributed by atoms with van der Waals surface area (Å²) < 4.78 is 0. The molecule has 0 amide bonds. The van der Waals surface area contributed by atoms with E-state index in [-0.39, 0.29) is 24.6 Å². The van der Waals surface area contributed by atoms with E-state index >= 15 is 0 Å². The first kappa shape index (κ1) is 11.7. The molecule has 0 aromatic rings. The molecule has 12 heavy (non-hydrogen) atoms. The molecule has 62 valence electrons.